The molecule has 100 valence electrons. The first kappa shape index (κ1) is 14.3. The van der Waals surface area contributed by atoms with E-state index in [1.807, 2.05) is 0 Å². The van der Waals surface area contributed by atoms with Crippen LogP contribution in [0.15, 0.2) is 36.4 Å². The van der Waals surface area contributed by atoms with Gasteiger partial charge in [-0.25, -0.2) is 8.78 Å². The molecule has 1 unspecified atom stereocenters. The molecule has 2 aromatic carbocycles. The average molecular weight is 348 g/mol. The molecular formula is C14H10BrClF2O. The number of hydrogen-bond acceptors (Lipinski definition) is 1. The second-order valence-electron chi connectivity index (χ2n) is 3.92. The van der Waals surface area contributed by atoms with Crippen LogP contribution in [0.4, 0.5) is 8.78 Å². The lowest BCUT2D eigenvalue weighted by atomic mass is 10.0. The third kappa shape index (κ3) is 3.07. The van der Waals surface area contributed by atoms with Crippen molar-refractivity contribution < 1.29 is 13.5 Å². The zero-order chi connectivity index (χ0) is 14.0. The van der Waals surface area contributed by atoms with Gasteiger partial charge in [0.05, 0.1) is 11.9 Å². The molecule has 0 aliphatic rings. The SMILES string of the molecule is COc1ccc(C(Br)c2ccc(Cl)cc2F)cc1F. The molecule has 1 nitrogen and oxygen atoms in total. The van der Waals surface area contributed by atoms with Crippen LogP contribution in [-0.2, 0) is 0 Å². The summed E-state index contributed by atoms with van der Waals surface area (Å²) in [7, 11) is 1.39. The minimum atomic E-state index is -0.487. The Hall–Kier alpha value is -1.13. The molecule has 0 N–H and O–H groups in total. The van der Waals surface area contributed by atoms with Gasteiger partial charge in [-0.3, -0.25) is 0 Å². The first-order valence-electron chi connectivity index (χ1n) is 5.45. The van der Waals surface area contributed by atoms with Gasteiger partial charge in [0.1, 0.15) is 5.82 Å². The van der Waals surface area contributed by atoms with Crippen LogP contribution >= 0.6 is 27.5 Å². The number of benzene rings is 2. The molecule has 0 heterocycles. The first-order chi connectivity index (χ1) is 9.02. The van der Waals surface area contributed by atoms with Crippen molar-refractivity contribution in [1.82, 2.24) is 0 Å². The van der Waals surface area contributed by atoms with E-state index in [4.69, 9.17) is 16.3 Å². The molecule has 2 aromatic rings. The molecule has 0 amide bonds. The number of rotatable bonds is 3. The van der Waals surface area contributed by atoms with Crippen molar-refractivity contribution >= 4 is 27.5 Å². The fourth-order valence-electron chi connectivity index (χ4n) is 1.73. The lowest BCUT2D eigenvalue weighted by molar-refractivity contribution is 0.386. The van der Waals surface area contributed by atoms with E-state index in [-0.39, 0.29) is 5.75 Å². The third-order valence-corrected chi connectivity index (χ3v) is 3.96. The second-order valence-corrected chi connectivity index (χ2v) is 5.27. The fraction of sp³-hybridized carbons (Fsp3) is 0.143. The predicted molar refractivity (Wildman–Crippen MR) is 75.1 cm³/mol. The van der Waals surface area contributed by atoms with Crippen molar-refractivity contribution in [1.29, 1.82) is 0 Å². The van der Waals surface area contributed by atoms with Gasteiger partial charge in [0, 0.05) is 10.6 Å². The molecule has 0 aromatic heterocycles. The van der Waals surface area contributed by atoms with Gasteiger partial charge in [0.25, 0.3) is 0 Å². The molecule has 2 rings (SSSR count). The molecule has 0 bridgehead atoms. The Labute approximate surface area is 123 Å². The zero-order valence-electron chi connectivity index (χ0n) is 9.96. The van der Waals surface area contributed by atoms with Crippen molar-refractivity contribution in [3.05, 3.63) is 64.2 Å². The summed E-state index contributed by atoms with van der Waals surface area (Å²) < 4.78 is 32.3. The molecule has 0 fully saturated rings. The molecule has 0 saturated heterocycles. The highest BCUT2D eigenvalue weighted by Gasteiger charge is 2.16. The summed E-state index contributed by atoms with van der Waals surface area (Å²) in [6, 6.07) is 8.88. The highest BCUT2D eigenvalue weighted by atomic mass is 79.9. The van der Waals surface area contributed by atoms with Crippen molar-refractivity contribution in [2.24, 2.45) is 0 Å². The number of methoxy groups -OCH3 is 1. The largest absolute Gasteiger partial charge is 0.494 e. The summed E-state index contributed by atoms with van der Waals surface area (Å²) in [6.07, 6.45) is 0. The van der Waals surface area contributed by atoms with E-state index in [1.165, 1.54) is 25.3 Å². The van der Waals surface area contributed by atoms with Crippen molar-refractivity contribution in [2.75, 3.05) is 7.11 Å². The summed E-state index contributed by atoms with van der Waals surface area (Å²) >= 11 is 9.06. The summed E-state index contributed by atoms with van der Waals surface area (Å²) in [6.45, 7) is 0. The van der Waals surface area contributed by atoms with Gasteiger partial charge in [-0.15, -0.1) is 0 Å². The van der Waals surface area contributed by atoms with Gasteiger partial charge >= 0.3 is 0 Å². The molecule has 0 spiro atoms. The predicted octanol–water partition coefficient (Wildman–Crippen LogP) is 5.11. The monoisotopic (exact) mass is 346 g/mol. The fourth-order valence-corrected chi connectivity index (χ4v) is 2.54. The Bertz CT molecular complexity index is 604. The van der Waals surface area contributed by atoms with Gasteiger partial charge in [-0.2, -0.15) is 0 Å². The van der Waals surface area contributed by atoms with Crippen LogP contribution in [-0.4, -0.2) is 7.11 Å². The van der Waals surface area contributed by atoms with E-state index in [2.05, 4.69) is 15.9 Å². The molecule has 1 atom stereocenters. The number of hydrogen-bond donors (Lipinski definition) is 0. The number of alkyl halides is 1. The maximum Gasteiger partial charge on any atom is 0.165 e. The molecule has 0 saturated carbocycles. The van der Waals surface area contributed by atoms with Crippen LogP contribution in [0.5, 0.6) is 5.75 Å². The average Bonchev–Trinajstić information content (AvgIpc) is 2.38. The van der Waals surface area contributed by atoms with Crippen LogP contribution < -0.4 is 4.74 Å². The second kappa shape index (κ2) is 5.88. The smallest absolute Gasteiger partial charge is 0.165 e. The maximum absolute atomic E-state index is 13.8. The van der Waals surface area contributed by atoms with E-state index in [1.54, 1.807) is 18.2 Å². The minimum Gasteiger partial charge on any atom is -0.494 e. The summed E-state index contributed by atoms with van der Waals surface area (Å²) in [4.78, 5) is -0.454. The Kier molecular flexibility index (Phi) is 4.42. The molecule has 0 radical (unpaired) electrons. The van der Waals surface area contributed by atoms with Crippen LogP contribution in [0.1, 0.15) is 16.0 Å². The van der Waals surface area contributed by atoms with Crippen molar-refractivity contribution in [3.63, 3.8) is 0 Å². The van der Waals surface area contributed by atoms with E-state index >= 15 is 0 Å². The number of halogens is 4. The topological polar surface area (TPSA) is 9.23 Å². The molecule has 0 aliphatic carbocycles. The van der Waals surface area contributed by atoms with Gasteiger partial charge in [0.15, 0.2) is 11.6 Å². The van der Waals surface area contributed by atoms with Crippen molar-refractivity contribution in [3.8, 4) is 5.75 Å². The molecule has 0 aliphatic heterocycles. The Morgan fingerprint density at radius 3 is 2.42 bits per heavy atom. The van der Waals surface area contributed by atoms with E-state index in [0.717, 1.165) is 0 Å². The summed E-state index contributed by atoms with van der Waals surface area (Å²) in [5.74, 6) is -0.774. The molecular weight excluding hydrogens is 338 g/mol. The highest BCUT2D eigenvalue weighted by molar-refractivity contribution is 9.09. The van der Waals surface area contributed by atoms with Crippen LogP contribution in [0.25, 0.3) is 0 Å². The van der Waals surface area contributed by atoms with Crippen LogP contribution in [0, 0.1) is 11.6 Å². The number of ether oxygens (including phenoxy) is 1. The Morgan fingerprint density at radius 1 is 1.11 bits per heavy atom. The maximum atomic E-state index is 13.8. The standard InChI is InChI=1S/C14H10BrClF2O/c1-19-13-5-2-8(6-12(13)18)14(15)10-4-3-9(16)7-11(10)17/h2-7,14H,1H3. The first-order valence-corrected chi connectivity index (χ1v) is 6.74. The zero-order valence-corrected chi connectivity index (χ0v) is 12.3. The van der Waals surface area contributed by atoms with E-state index in [0.29, 0.717) is 16.1 Å². The van der Waals surface area contributed by atoms with Crippen LogP contribution in [0.2, 0.25) is 5.02 Å². The van der Waals surface area contributed by atoms with Gasteiger partial charge < -0.3 is 4.74 Å². The molecule has 5 heteroatoms. The minimum absolute atomic E-state index is 0.153. The lowest BCUT2D eigenvalue weighted by Gasteiger charge is -2.13. The van der Waals surface area contributed by atoms with E-state index in [9.17, 15) is 8.78 Å². The summed E-state index contributed by atoms with van der Waals surface area (Å²) in [5.41, 5.74) is 0.994. The lowest BCUT2D eigenvalue weighted by Crippen LogP contribution is -1.98. The Balaban J connectivity index is 2.38. The summed E-state index contributed by atoms with van der Waals surface area (Å²) in [5, 5.41) is 0.321. The van der Waals surface area contributed by atoms with Gasteiger partial charge in [-0.05, 0) is 29.8 Å². The quantitative estimate of drug-likeness (QED) is 0.701. The third-order valence-electron chi connectivity index (χ3n) is 2.70. The highest BCUT2D eigenvalue weighted by Crippen LogP contribution is 2.35. The van der Waals surface area contributed by atoms with Gasteiger partial charge in [0.2, 0.25) is 0 Å². The molecule has 19 heavy (non-hydrogen) atoms. The van der Waals surface area contributed by atoms with E-state index < -0.39 is 16.5 Å². The normalized spacial score (nSPS) is 12.3. The van der Waals surface area contributed by atoms with Gasteiger partial charge in [-0.1, -0.05) is 39.7 Å². The Morgan fingerprint density at radius 2 is 1.84 bits per heavy atom. The van der Waals surface area contributed by atoms with Crippen molar-refractivity contribution in [2.45, 2.75) is 4.83 Å². The van der Waals surface area contributed by atoms with Crippen LogP contribution in [0.3, 0.4) is 0 Å².